The van der Waals surface area contributed by atoms with Gasteiger partial charge >= 0.3 is 0 Å². The summed E-state index contributed by atoms with van der Waals surface area (Å²) in [7, 11) is 0. The van der Waals surface area contributed by atoms with E-state index in [9.17, 15) is 0 Å². The molecule has 18 heavy (non-hydrogen) atoms. The number of pyridine rings is 1. The van der Waals surface area contributed by atoms with Crippen LogP contribution < -0.4 is 11.3 Å². The van der Waals surface area contributed by atoms with E-state index in [1.54, 1.807) is 6.20 Å². The van der Waals surface area contributed by atoms with E-state index in [1.165, 1.54) is 16.7 Å². The van der Waals surface area contributed by atoms with Crippen LogP contribution in [0, 0.1) is 6.92 Å². The minimum absolute atomic E-state index is 0.0895. The highest BCUT2D eigenvalue weighted by molar-refractivity contribution is 9.10. The Morgan fingerprint density at radius 3 is 2.89 bits per heavy atom. The fraction of sp³-hybridized carbons (Fsp3) is 0.214. The second-order valence-electron chi connectivity index (χ2n) is 4.29. The molecule has 0 aliphatic carbocycles. The van der Waals surface area contributed by atoms with Crippen LogP contribution in [0.4, 0.5) is 0 Å². The molecule has 0 saturated carbocycles. The number of nitrogens with two attached hydrogens (primary N) is 1. The molecule has 0 saturated heterocycles. The van der Waals surface area contributed by atoms with Gasteiger partial charge in [0.2, 0.25) is 0 Å². The Morgan fingerprint density at radius 1 is 1.39 bits per heavy atom. The summed E-state index contributed by atoms with van der Waals surface area (Å²) >= 11 is 3.50. The van der Waals surface area contributed by atoms with Crippen molar-refractivity contribution in [3.05, 3.63) is 63.9 Å². The number of hydrazine groups is 1. The lowest BCUT2D eigenvalue weighted by molar-refractivity contribution is 0.548. The van der Waals surface area contributed by atoms with Crippen LogP contribution in [0.2, 0.25) is 0 Å². The smallest absolute Gasteiger partial charge is 0.0503 e. The number of rotatable bonds is 4. The molecule has 2 rings (SSSR count). The highest BCUT2D eigenvalue weighted by atomic mass is 79.9. The van der Waals surface area contributed by atoms with Gasteiger partial charge in [-0.1, -0.05) is 28.1 Å². The first kappa shape index (κ1) is 13.2. The molecule has 0 bridgehead atoms. The van der Waals surface area contributed by atoms with E-state index in [1.807, 2.05) is 18.3 Å². The fourth-order valence-electron chi connectivity index (χ4n) is 2.00. The van der Waals surface area contributed by atoms with E-state index in [0.29, 0.717) is 0 Å². The van der Waals surface area contributed by atoms with Crippen LogP contribution in [0.5, 0.6) is 0 Å². The molecule has 1 atom stereocenters. The third kappa shape index (κ3) is 3.16. The number of nitrogens with zero attached hydrogens (tertiary/aromatic N) is 1. The van der Waals surface area contributed by atoms with Crippen LogP contribution in [0.3, 0.4) is 0 Å². The summed E-state index contributed by atoms with van der Waals surface area (Å²) < 4.78 is 1.06. The quantitative estimate of drug-likeness (QED) is 0.674. The second-order valence-corrected chi connectivity index (χ2v) is 5.20. The van der Waals surface area contributed by atoms with Crippen molar-refractivity contribution in [2.24, 2.45) is 5.84 Å². The molecule has 1 heterocycles. The molecule has 0 radical (unpaired) electrons. The Kier molecular flexibility index (Phi) is 4.47. The SMILES string of the molecule is Cc1ccc(Br)cc1C(Cc1cccnc1)NN. The molecule has 0 spiro atoms. The molecule has 2 aromatic rings. The van der Waals surface area contributed by atoms with Crippen molar-refractivity contribution in [3.8, 4) is 0 Å². The summed E-state index contributed by atoms with van der Waals surface area (Å²) in [5, 5.41) is 0. The fourth-order valence-corrected chi connectivity index (χ4v) is 2.38. The molecule has 4 heteroatoms. The van der Waals surface area contributed by atoms with E-state index in [0.717, 1.165) is 10.9 Å². The number of benzene rings is 1. The summed E-state index contributed by atoms with van der Waals surface area (Å²) in [6, 6.07) is 10.3. The van der Waals surface area contributed by atoms with E-state index < -0.39 is 0 Å². The van der Waals surface area contributed by atoms with Crippen LogP contribution in [-0.2, 0) is 6.42 Å². The topological polar surface area (TPSA) is 50.9 Å². The largest absolute Gasteiger partial charge is 0.271 e. The van der Waals surface area contributed by atoms with Gasteiger partial charge in [0.15, 0.2) is 0 Å². The summed E-state index contributed by atoms with van der Waals surface area (Å²) in [5.41, 5.74) is 6.48. The van der Waals surface area contributed by atoms with Crippen LogP contribution in [0.25, 0.3) is 0 Å². The monoisotopic (exact) mass is 305 g/mol. The molecule has 3 N–H and O–H groups in total. The maximum Gasteiger partial charge on any atom is 0.0503 e. The predicted molar refractivity (Wildman–Crippen MR) is 76.9 cm³/mol. The molecule has 0 aliphatic rings. The Hall–Kier alpha value is -1.23. The highest BCUT2D eigenvalue weighted by Crippen LogP contribution is 2.24. The number of aryl methyl sites for hydroxylation is 1. The zero-order chi connectivity index (χ0) is 13.0. The van der Waals surface area contributed by atoms with Crippen molar-refractivity contribution in [1.29, 1.82) is 0 Å². The van der Waals surface area contributed by atoms with Crippen LogP contribution in [0.15, 0.2) is 47.2 Å². The number of hydrogen-bond acceptors (Lipinski definition) is 3. The second kappa shape index (κ2) is 6.09. The highest BCUT2D eigenvalue weighted by Gasteiger charge is 2.13. The summed E-state index contributed by atoms with van der Waals surface area (Å²) in [6.07, 6.45) is 4.47. The number of halogens is 1. The van der Waals surface area contributed by atoms with Crippen molar-refractivity contribution < 1.29 is 0 Å². The maximum atomic E-state index is 5.69. The van der Waals surface area contributed by atoms with Gasteiger partial charge in [-0.3, -0.25) is 16.3 Å². The van der Waals surface area contributed by atoms with Crippen molar-refractivity contribution in [3.63, 3.8) is 0 Å². The maximum absolute atomic E-state index is 5.69. The van der Waals surface area contributed by atoms with Gasteiger partial charge in [-0.05, 0) is 48.2 Å². The third-order valence-electron chi connectivity index (χ3n) is 2.98. The van der Waals surface area contributed by atoms with Crippen LogP contribution in [-0.4, -0.2) is 4.98 Å². The minimum atomic E-state index is 0.0895. The molecule has 94 valence electrons. The molecule has 1 aromatic carbocycles. The van der Waals surface area contributed by atoms with Crippen LogP contribution in [0.1, 0.15) is 22.7 Å². The van der Waals surface area contributed by atoms with Gasteiger partial charge < -0.3 is 0 Å². The van der Waals surface area contributed by atoms with Gasteiger partial charge in [-0.25, -0.2) is 0 Å². The number of hydrogen-bond donors (Lipinski definition) is 2. The summed E-state index contributed by atoms with van der Waals surface area (Å²) in [6.45, 7) is 2.09. The van der Waals surface area contributed by atoms with Crippen molar-refractivity contribution in [2.45, 2.75) is 19.4 Å². The van der Waals surface area contributed by atoms with Gasteiger partial charge in [-0.15, -0.1) is 0 Å². The van der Waals surface area contributed by atoms with E-state index in [4.69, 9.17) is 5.84 Å². The molecule has 0 aliphatic heterocycles. The molecular weight excluding hydrogens is 290 g/mol. The Morgan fingerprint density at radius 2 is 2.22 bits per heavy atom. The number of nitrogens with one attached hydrogen (secondary N) is 1. The van der Waals surface area contributed by atoms with Gasteiger partial charge in [0, 0.05) is 16.9 Å². The lowest BCUT2D eigenvalue weighted by Gasteiger charge is -2.19. The van der Waals surface area contributed by atoms with Gasteiger partial charge in [0.1, 0.15) is 0 Å². The first-order valence-electron chi connectivity index (χ1n) is 5.82. The van der Waals surface area contributed by atoms with E-state index in [-0.39, 0.29) is 6.04 Å². The first-order chi connectivity index (χ1) is 8.70. The van der Waals surface area contributed by atoms with E-state index in [2.05, 4.69) is 51.5 Å². The van der Waals surface area contributed by atoms with Gasteiger partial charge in [0.05, 0.1) is 6.04 Å². The minimum Gasteiger partial charge on any atom is -0.271 e. The average molecular weight is 306 g/mol. The Balaban J connectivity index is 2.26. The Bertz CT molecular complexity index is 514. The predicted octanol–water partition coefficient (Wildman–Crippen LogP) is 2.90. The lowest BCUT2D eigenvalue weighted by atomic mass is 9.96. The van der Waals surface area contributed by atoms with Gasteiger partial charge in [0.25, 0.3) is 0 Å². The zero-order valence-corrected chi connectivity index (χ0v) is 11.8. The van der Waals surface area contributed by atoms with Crippen molar-refractivity contribution in [1.82, 2.24) is 10.4 Å². The van der Waals surface area contributed by atoms with Crippen LogP contribution >= 0.6 is 15.9 Å². The van der Waals surface area contributed by atoms with E-state index >= 15 is 0 Å². The summed E-state index contributed by atoms with van der Waals surface area (Å²) in [4.78, 5) is 4.13. The van der Waals surface area contributed by atoms with Gasteiger partial charge in [-0.2, -0.15) is 0 Å². The zero-order valence-electron chi connectivity index (χ0n) is 10.2. The lowest BCUT2D eigenvalue weighted by Crippen LogP contribution is -2.30. The van der Waals surface area contributed by atoms with Crippen molar-refractivity contribution in [2.75, 3.05) is 0 Å². The molecule has 3 nitrogen and oxygen atoms in total. The molecule has 1 aromatic heterocycles. The number of aromatic nitrogens is 1. The standard InChI is InChI=1S/C14H16BrN3/c1-10-4-5-12(15)8-13(10)14(18-16)7-11-3-2-6-17-9-11/h2-6,8-9,14,18H,7,16H2,1H3. The molecule has 1 unspecified atom stereocenters. The Labute approximate surface area is 116 Å². The average Bonchev–Trinajstić information content (AvgIpc) is 2.40. The third-order valence-corrected chi connectivity index (χ3v) is 3.47. The molecule has 0 fully saturated rings. The molecule has 0 amide bonds. The normalized spacial score (nSPS) is 12.4. The molecular formula is C14H16BrN3. The summed E-state index contributed by atoms with van der Waals surface area (Å²) in [5.74, 6) is 5.69. The first-order valence-corrected chi connectivity index (χ1v) is 6.61. The van der Waals surface area contributed by atoms with Crippen molar-refractivity contribution >= 4 is 15.9 Å².